The normalized spacial score (nSPS) is 13.3. The van der Waals surface area contributed by atoms with Crippen LogP contribution in [-0.2, 0) is 6.67 Å². The molecule has 0 saturated heterocycles. The van der Waals surface area contributed by atoms with Gasteiger partial charge in [-0.2, -0.15) is 0 Å². The van der Waals surface area contributed by atoms with Crippen LogP contribution in [0.2, 0.25) is 0 Å². The highest BCUT2D eigenvalue weighted by Gasteiger charge is 2.26. The molecule has 0 fully saturated rings. The zero-order chi connectivity index (χ0) is 19.0. The molecule has 3 aromatic rings. The zero-order valence-electron chi connectivity index (χ0n) is 13.8. The Morgan fingerprint density at radius 2 is 1.70 bits per heavy atom. The van der Waals surface area contributed by atoms with Crippen molar-refractivity contribution in [1.29, 1.82) is 0 Å². The topological polar surface area (TPSA) is 120 Å². The number of hydrogen-bond donors (Lipinski definition) is 0. The molecule has 10 nitrogen and oxygen atoms in total. The van der Waals surface area contributed by atoms with Crippen LogP contribution in [0.5, 0.6) is 0 Å². The average Bonchev–Trinajstić information content (AvgIpc) is 3.11. The molecule has 2 aromatic carbocycles. The number of rotatable bonds is 4. The Kier molecular flexibility index (Phi) is 4.20. The number of nitro benzene ring substituents is 2. The van der Waals surface area contributed by atoms with Gasteiger partial charge in [-0.15, -0.1) is 10.2 Å². The van der Waals surface area contributed by atoms with Crippen molar-refractivity contribution < 1.29 is 9.85 Å². The summed E-state index contributed by atoms with van der Waals surface area (Å²) in [6.45, 7) is 0.340. The molecule has 0 radical (unpaired) electrons. The number of thioether (sulfide) groups is 1. The largest absolute Gasteiger partial charge is 0.338 e. The molecule has 136 valence electrons. The predicted molar refractivity (Wildman–Crippen MR) is 98.4 cm³/mol. The van der Waals surface area contributed by atoms with Crippen molar-refractivity contribution >= 4 is 28.8 Å². The summed E-state index contributed by atoms with van der Waals surface area (Å²) in [4.78, 5) is 23.1. The van der Waals surface area contributed by atoms with E-state index in [1.165, 1.54) is 30.0 Å². The lowest BCUT2D eigenvalue weighted by atomic mass is 10.2. The van der Waals surface area contributed by atoms with Gasteiger partial charge in [-0.3, -0.25) is 24.8 Å². The summed E-state index contributed by atoms with van der Waals surface area (Å²) in [6.07, 6.45) is 0. The first-order chi connectivity index (χ1) is 13.0. The number of anilines is 1. The molecular weight excluding hydrogens is 372 g/mol. The summed E-state index contributed by atoms with van der Waals surface area (Å²) in [5.74, 6) is 1.05. The summed E-state index contributed by atoms with van der Waals surface area (Å²) in [6, 6.07) is 12.6. The first kappa shape index (κ1) is 17.0. The van der Waals surface area contributed by atoms with Gasteiger partial charge in [0.05, 0.1) is 22.4 Å². The molecule has 0 amide bonds. The number of benzene rings is 2. The molecule has 11 heteroatoms. The van der Waals surface area contributed by atoms with Gasteiger partial charge in [-0.05, 0) is 18.2 Å². The fourth-order valence-corrected chi connectivity index (χ4v) is 3.74. The van der Waals surface area contributed by atoms with Crippen LogP contribution in [0.1, 0.15) is 0 Å². The van der Waals surface area contributed by atoms with E-state index in [-0.39, 0.29) is 11.4 Å². The quantitative estimate of drug-likeness (QED) is 0.496. The number of nitrogens with zero attached hydrogens (tertiary/aromatic N) is 6. The van der Waals surface area contributed by atoms with Crippen LogP contribution >= 0.6 is 11.8 Å². The summed E-state index contributed by atoms with van der Waals surface area (Å²) >= 11 is 1.42. The summed E-state index contributed by atoms with van der Waals surface area (Å²) in [5, 5.41) is 31.2. The predicted octanol–water partition coefficient (Wildman–Crippen LogP) is 3.29. The van der Waals surface area contributed by atoms with Gasteiger partial charge in [0.15, 0.2) is 11.0 Å². The second kappa shape index (κ2) is 6.68. The molecule has 0 spiro atoms. The van der Waals surface area contributed by atoms with Crippen LogP contribution in [0.15, 0.2) is 53.7 Å². The Morgan fingerprint density at radius 3 is 2.41 bits per heavy atom. The summed E-state index contributed by atoms with van der Waals surface area (Å²) in [5.41, 5.74) is 1.23. The van der Waals surface area contributed by atoms with E-state index in [0.717, 1.165) is 0 Å². The molecular formula is C16H12N6O4S. The minimum atomic E-state index is -0.463. The highest BCUT2D eigenvalue weighted by molar-refractivity contribution is 7.99. The van der Waals surface area contributed by atoms with Gasteiger partial charge in [0.1, 0.15) is 5.69 Å². The maximum atomic E-state index is 11.3. The van der Waals surface area contributed by atoms with E-state index in [9.17, 15) is 20.2 Å². The minimum absolute atomic E-state index is 0.00644. The van der Waals surface area contributed by atoms with Crippen molar-refractivity contribution in [2.24, 2.45) is 0 Å². The third kappa shape index (κ3) is 3.08. The van der Waals surface area contributed by atoms with Crippen LogP contribution in [0.25, 0.3) is 11.4 Å². The summed E-state index contributed by atoms with van der Waals surface area (Å²) < 4.78 is 1.84. The molecule has 0 saturated carbocycles. The number of fused-ring (bicyclic) bond motifs is 1. The lowest BCUT2D eigenvalue weighted by Gasteiger charge is -2.29. The molecule has 1 aliphatic rings. The molecule has 0 atom stereocenters. The van der Waals surface area contributed by atoms with E-state index in [2.05, 4.69) is 10.2 Å². The van der Waals surface area contributed by atoms with Crippen molar-refractivity contribution in [2.45, 2.75) is 11.8 Å². The molecule has 0 aliphatic carbocycles. The third-order valence-electron chi connectivity index (χ3n) is 4.13. The van der Waals surface area contributed by atoms with Gasteiger partial charge < -0.3 is 4.90 Å². The Bertz CT molecular complexity index is 1040. The van der Waals surface area contributed by atoms with Crippen LogP contribution in [0.4, 0.5) is 17.1 Å². The van der Waals surface area contributed by atoms with E-state index in [4.69, 9.17) is 0 Å². The standard InChI is InChI=1S/C16H12N6O4S/c23-21(24)12-7-5-11(6-8-12)15-17-18-16-20(15)9-19(10-27-16)13-3-1-2-4-14(13)22(25)26/h1-8H,9-10H2. The van der Waals surface area contributed by atoms with Gasteiger partial charge in [0, 0.05) is 23.8 Å². The zero-order valence-corrected chi connectivity index (χ0v) is 14.6. The van der Waals surface area contributed by atoms with Crippen LogP contribution in [0.3, 0.4) is 0 Å². The van der Waals surface area contributed by atoms with Crippen LogP contribution in [-0.4, -0.2) is 30.5 Å². The second-order valence-electron chi connectivity index (χ2n) is 5.74. The van der Waals surface area contributed by atoms with Crippen molar-refractivity contribution in [3.05, 3.63) is 68.8 Å². The Hall–Kier alpha value is -3.47. The number of hydrogen-bond acceptors (Lipinski definition) is 8. The second-order valence-corrected chi connectivity index (χ2v) is 6.65. The molecule has 0 bridgehead atoms. The number of non-ortho nitro benzene ring substituents is 1. The SMILES string of the molecule is O=[N+]([O-])c1ccc(-c2nnc3n2CN(c2ccccc2[N+](=O)[O-])CS3)cc1. The number of aromatic nitrogens is 3. The lowest BCUT2D eigenvalue weighted by Crippen LogP contribution is -2.31. The van der Waals surface area contributed by atoms with Crippen molar-refractivity contribution in [3.63, 3.8) is 0 Å². The van der Waals surface area contributed by atoms with E-state index in [1.54, 1.807) is 30.3 Å². The maximum Gasteiger partial charge on any atom is 0.292 e. The average molecular weight is 384 g/mol. The monoisotopic (exact) mass is 384 g/mol. The van der Waals surface area contributed by atoms with E-state index in [0.29, 0.717) is 34.8 Å². The Labute approximate surface area is 156 Å². The van der Waals surface area contributed by atoms with E-state index >= 15 is 0 Å². The molecule has 27 heavy (non-hydrogen) atoms. The third-order valence-corrected chi connectivity index (χ3v) is 5.13. The van der Waals surface area contributed by atoms with Crippen molar-refractivity contribution in [1.82, 2.24) is 14.8 Å². The lowest BCUT2D eigenvalue weighted by molar-refractivity contribution is -0.384. The van der Waals surface area contributed by atoms with Crippen LogP contribution in [0, 0.1) is 20.2 Å². The fraction of sp³-hybridized carbons (Fsp3) is 0.125. The van der Waals surface area contributed by atoms with Crippen molar-refractivity contribution in [2.75, 3.05) is 10.8 Å². The van der Waals surface area contributed by atoms with Crippen molar-refractivity contribution in [3.8, 4) is 11.4 Å². The summed E-state index contributed by atoms with van der Waals surface area (Å²) in [7, 11) is 0. The van der Waals surface area contributed by atoms with Gasteiger partial charge in [0.25, 0.3) is 11.4 Å². The first-order valence-corrected chi connectivity index (χ1v) is 8.82. The molecule has 0 N–H and O–H groups in total. The first-order valence-electron chi connectivity index (χ1n) is 7.84. The van der Waals surface area contributed by atoms with E-state index < -0.39 is 9.85 Å². The molecule has 2 heterocycles. The van der Waals surface area contributed by atoms with Gasteiger partial charge in [0.2, 0.25) is 0 Å². The fourth-order valence-electron chi connectivity index (χ4n) is 2.85. The molecule has 1 aliphatic heterocycles. The minimum Gasteiger partial charge on any atom is -0.338 e. The number of nitro groups is 2. The van der Waals surface area contributed by atoms with E-state index in [1.807, 2.05) is 9.47 Å². The van der Waals surface area contributed by atoms with Gasteiger partial charge in [-0.25, -0.2) is 0 Å². The Morgan fingerprint density at radius 1 is 0.963 bits per heavy atom. The molecule has 1 aromatic heterocycles. The molecule has 4 rings (SSSR count). The highest BCUT2D eigenvalue weighted by atomic mass is 32.2. The maximum absolute atomic E-state index is 11.3. The van der Waals surface area contributed by atoms with Gasteiger partial charge >= 0.3 is 0 Å². The van der Waals surface area contributed by atoms with Gasteiger partial charge in [-0.1, -0.05) is 23.9 Å². The smallest absolute Gasteiger partial charge is 0.292 e. The highest BCUT2D eigenvalue weighted by Crippen LogP contribution is 2.35. The Balaban J connectivity index is 1.68. The van der Waals surface area contributed by atoms with Crippen LogP contribution < -0.4 is 4.90 Å². The number of para-hydroxylation sites is 2. The molecule has 0 unspecified atom stereocenters.